The quantitative estimate of drug-likeness (QED) is 0.841. The molecular weight excluding hydrogens is 317 g/mol. The van der Waals surface area contributed by atoms with Crippen molar-refractivity contribution in [2.75, 3.05) is 0 Å². The highest BCUT2D eigenvalue weighted by Gasteiger charge is 2.18. The fourth-order valence-electron chi connectivity index (χ4n) is 1.63. The number of carboxylic acid groups (broad SMARTS) is 1. The first-order valence-corrected chi connectivity index (χ1v) is 6.69. The number of rotatable bonds is 6. The third-order valence-electron chi connectivity index (χ3n) is 2.56. The van der Waals surface area contributed by atoms with E-state index in [0.717, 1.165) is 0 Å². The summed E-state index contributed by atoms with van der Waals surface area (Å²) >= 11 is 3.02. The molecule has 0 aliphatic carbocycles. The zero-order chi connectivity index (χ0) is 14.4. The van der Waals surface area contributed by atoms with Crippen LogP contribution in [0, 0.1) is 5.82 Å². The normalized spacial score (nSPS) is 11.9. The average Bonchev–Trinajstić information content (AvgIpc) is 2.33. The lowest BCUT2D eigenvalue weighted by atomic mass is 10.1. The Morgan fingerprint density at radius 3 is 2.68 bits per heavy atom. The molecule has 0 radical (unpaired) electrons. The second-order valence-electron chi connectivity index (χ2n) is 4.17. The van der Waals surface area contributed by atoms with Crippen LogP contribution >= 0.6 is 15.9 Å². The van der Waals surface area contributed by atoms with Crippen LogP contribution < -0.4 is 5.32 Å². The Balaban J connectivity index is 2.63. The molecule has 19 heavy (non-hydrogen) atoms. The van der Waals surface area contributed by atoms with Crippen LogP contribution in [-0.2, 0) is 16.0 Å². The summed E-state index contributed by atoms with van der Waals surface area (Å²) in [7, 11) is 0. The smallest absolute Gasteiger partial charge is 0.326 e. The lowest BCUT2D eigenvalue weighted by Gasteiger charge is -2.13. The van der Waals surface area contributed by atoms with E-state index in [2.05, 4.69) is 21.2 Å². The summed E-state index contributed by atoms with van der Waals surface area (Å²) in [5.74, 6) is -1.94. The van der Waals surface area contributed by atoms with Gasteiger partial charge >= 0.3 is 5.97 Å². The van der Waals surface area contributed by atoms with E-state index >= 15 is 0 Å². The molecule has 6 heteroatoms. The van der Waals surface area contributed by atoms with Crippen LogP contribution in [0.3, 0.4) is 0 Å². The molecule has 0 saturated carbocycles. The fraction of sp³-hybridized carbons (Fsp3) is 0.385. The van der Waals surface area contributed by atoms with E-state index in [1.165, 1.54) is 12.1 Å². The predicted molar refractivity (Wildman–Crippen MR) is 72.3 cm³/mol. The van der Waals surface area contributed by atoms with Gasteiger partial charge in [0.15, 0.2) is 0 Å². The van der Waals surface area contributed by atoms with E-state index in [0.29, 0.717) is 22.9 Å². The Hall–Kier alpha value is -1.43. The van der Waals surface area contributed by atoms with E-state index < -0.39 is 23.7 Å². The first-order valence-electron chi connectivity index (χ1n) is 5.90. The van der Waals surface area contributed by atoms with Gasteiger partial charge in [0.25, 0.3) is 0 Å². The second kappa shape index (κ2) is 7.23. The largest absolute Gasteiger partial charge is 0.480 e. The van der Waals surface area contributed by atoms with E-state index in [-0.39, 0.29) is 6.42 Å². The molecule has 0 aromatic heterocycles. The number of aliphatic carboxylic acids is 1. The van der Waals surface area contributed by atoms with Gasteiger partial charge in [-0.3, -0.25) is 4.79 Å². The number of carbonyl (C=O) groups is 2. The number of carboxylic acids is 1. The lowest BCUT2D eigenvalue weighted by molar-refractivity contribution is -0.141. The van der Waals surface area contributed by atoms with Gasteiger partial charge in [-0.15, -0.1) is 0 Å². The zero-order valence-corrected chi connectivity index (χ0v) is 12.0. The fourth-order valence-corrected chi connectivity index (χ4v) is 1.87. The molecular formula is C13H15BrFNO3. The molecule has 104 valence electrons. The minimum absolute atomic E-state index is 0.0440. The number of nitrogens with one attached hydrogen (secondary N) is 1. The van der Waals surface area contributed by atoms with Gasteiger partial charge < -0.3 is 10.4 Å². The first kappa shape index (κ1) is 15.6. The van der Waals surface area contributed by atoms with Crippen LogP contribution in [0.25, 0.3) is 0 Å². The van der Waals surface area contributed by atoms with Crippen molar-refractivity contribution in [3.63, 3.8) is 0 Å². The van der Waals surface area contributed by atoms with Crippen LogP contribution in [-0.4, -0.2) is 23.0 Å². The van der Waals surface area contributed by atoms with Gasteiger partial charge in [0.2, 0.25) is 5.91 Å². The lowest BCUT2D eigenvalue weighted by Crippen LogP contribution is -2.41. The van der Waals surface area contributed by atoms with Gasteiger partial charge in [-0.2, -0.15) is 0 Å². The molecule has 0 spiro atoms. The van der Waals surface area contributed by atoms with Crippen molar-refractivity contribution < 1.29 is 19.1 Å². The molecule has 0 fully saturated rings. The average molecular weight is 332 g/mol. The van der Waals surface area contributed by atoms with Crippen molar-refractivity contribution in [2.24, 2.45) is 0 Å². The maximum atomic E-state index is 13.3. The molecule has 0 aliphatic rings. The molecule has 1 amide bonds. The van der Waals surface area contributed by atoms with Gasteiger partial charge in [0.05, 0.1) is 10.9 Å². The first-order chi connectivity index (χ1) is 8.93. The summed E-state index contributed by atoms with van der Waals surface area (Å²) in [5, 5.41) is 11.3. The van der Waals surface area contributed by atoms with Crippen molar-refractivity contribution in [2.45, 2.75) is 32.2 Å². The standard InChI is InChI=1S/C13H15BrFNO3/c1-2-3-11(13(18)19)16-12(17)7-8-4-5-9(14)10(15)6-8/h4-6,11H,2-3,7H2,1H3,(H,16,17)(H,18,19). The molecule has 1 rings (SSSR count). The number of amides is 1. The van der Waals surface area contributed by atoms with Gasteiger partial charge in [0.1, 0.15) is 11.9 Å². The Bertz CT molecular complexity index is 479. The summed E-state index contributed by atoms with van der Waals surface area (Å²) in [6.07, 6.45) is 0.984. The van der Waals surface area contributed by atoms with Crippen molar-refractivity contribution in [3.05, 3.63) is 34.1 Å². The Morgan fingerprint density at radius 2 is 2.16 bits per heavy atom. The van der Waals surface area contributed by atoms with Crippen molar-refractivity contribution in [1.29, 1.82) is 0 Å². The molecule has 1 aromatic carbocycles. The van der Waals surface area contributed by atoms with Crippen molar-refractivity contribution in [3.8, 4) is 0 Å². The van der Waals surface area contributed by atoms with E-state index in [1.807, 2.05) is 6.92 Å². The van der Waals surface area contributed by atoms with Crippen LogP contribution in [0.5, 0.6) is 0 Å². The molecule has 1 unspecified atom stereocenters. The van der Waals surface area contributed by atoms with E-state index in [4.69, 9.17) is 5.11 Å². The maximum absolute atomic E-state index is 13.3. The molecule has 0 bridgehead atoms. The predicted octanol–water partition coefficient (Wildman–Crippen LogP) is 2.50. The van der Waals surface area contributed by atoms with Crippen LogP contribution in [0.1, 0.15) is 25.3 Å². The minimum Gasteiger partial charge on any atom is -0.480 e. The minimum atomic E-state index is -1.06. The summed E-state index contributed by atoms with van der Waals surface area (Å²) < 4.78 is 13.6. The monoisotopic (exact) mass is 331 g/mol. The van der Waals surface area contributed by atoms with Gasteiger partial charge in [-0.1, -0.05) is 19.4 Å². The van der Waals surface area contributed by atoms with Gasteiger partial charge in [-0.05, 0) is 40.0 Å². The van der Waals surface area contributed by atoms with Gasteiger partial charge in [-0.25, -0.2) is 9.18 Å². The summed E-state index contributed by atoms with van der Waals surface area (Å²) in [4.78, 5) is 22.6. The Kier molecular flexibility index (Phi) is 5.95. The Morgan fingerprint density at radius 1 is 1.47 bits per heavy atom. The molecule has 1 aromatic rings. The molecule has 0 aliphatic heterocycles. The number of carbonyl (C=O) groups excluding carboxylic acids is 1. The topological polar surface area (TPSA) is 66.4 Å². The van der Waals surface area contributed by atoms with Crippen molar-refractivity contribution in [1.82, 2.24) is 5.32 Å². The third kappa shape index (κ3) is 4.98. The second-order valence-corrected chi connectivity index (χ2v) is 5.03. The molecule has 2 N–H and O–H groups in total. The van der Waals surface area contributed by atoms with Crippen LogP contribution in [0.4, 0.5) is 4.39 Å². The SMILES string of the molecule is CCCC(NC(=O)Cc1ccc(Br)c(F)c1)C(=O)O. The summed E-state index contributed by atoms with van der Waals surface area (Å²) in [6, 6.07) is 3.48. The highest BCUT2D eigenvalue weighted by Crippen LogP contribution is 2.16. The Labute approximate surface area is 119 Å². The summed E-state index contributed by atoms with van der Waals surface area (Å²) in [6.45, 7) is 1.84. The van der Waals surface area contributed by atoms with Crippen LogP contribution in [0.15, 0.2) is 22.7 Å². The highest BCUT2D eigenvalue weighted by atomic mass is 79.9. The maximum Gasteiger partial charge on any atom is 0.326 e. The third-order valence-corrected chi connectivity index (χ3v) is 3.20. The molecule has 4 nitrogen and oxygen atoms in total. The number of benzene rings is 1. The van der Waals surface area contributed by atoms with E-state index in [1.54, 1.807) is 6.07 Å². The zero-order valence-electron chi connectivity index (χ0n) is 10.5. The highest BCUT2D eigenvalue weighted by molar-refractivity contribution is 9.10. The summed E-state index contributed by atoms with van der Waals surface area (Å²) in [5.41, 5.74) is 0.499. The number of hydrogen-bond acceptors (Lipinski definition) is 2. The molecule has 0 heterocycles. The molecule has 1 atom stereocenters. The van der Waals surface area contributed by atoms with Crippen molar-refractivity contribution >= 4 is 27.8 Å². The van der Waals surface area contributed by atoms with Gasteiger partial charge in [0, 0.05) is 0 Å². The number of halogens is 2. The number of hydrogen-bond donors (Lipinski definition) is 2. The molecule has 0 saturated heterocycles. The van der Waals surface area contributed by atoms with Crippen LogP contribution in [0.2, 0.25) is 0 Å². The van der Waals surface area contributed by atoms with E-state index in [9.17, 15) is 14.0 Å².